The lowest BCUT2D eigenvalue weighted by molar-refractivity contribution is 0.501. The molecule has 13 heavy (non-hydrogen) atoms. The normalized spacial score (nSPS) is 11.8. The van der Waals surface area contributed by atoms with Crippen molar-refractivity contribution in [2.75, 3.05) is 0 Å². The second-order valence-electron chi connectivity index (χ2n) is 2.37. The van der Waals surface area contributed by atoms with Gasteiger partial charge in [-0.25, -0.2) is 4.39 Å². The Kier molecular flexibility index (Phi) is 2.78. The molecular weight excluding hydrogens is 230 g/mol. The maximum Gasteiger partial charge on any atom is 0.509 e. The molecule has 0 aliphatic heterocycles. The Hall–Kier alpha value is -0.415. The molecule has 0 saturated heterocycles. The largest absolute Gasteiger partial charge is 0.509 e. The van der Waals surface area contributed by atoms with Crippen LogP contribution in [0.1, 0.15) is 0 Å². The van der Waals surface area contributed by atoms with Crippen LogP contribution in [0, 0.1) is 5.82 Å². The highest BCUT2D eigenvalue weighted by atomic mass is 35.5. The topological polar surface area (TPSA) is 0 Å². The van der Waals surface area contributed by atoms with Crippen molar-refractivity contribution < 1.29 is 17.3 Å². The summed E-state index contributed by atoms with van der Waals surface area (Å²) in [6, 6.07) is 1.03. The van der Waals surface area contributed by atoms with Gasteiger partial charge < -0.3 is 12.9 Å². The second-order valence-corrected chi connectivity index (χ2v) is 3.19. The molecule has 0 atom stereocenters. The van der Waals surface area contributed by atoms with Crippen LogP contribution < -0.4 is 5.46 Å². The summed E-state index contributed by atoms with van der Waals surface area (Å²) in [6.07, 6.45) is 0. The first-order valence-electron chi connectivity index (χ1n) is 3.16. The molecule has 0 N–H and O–H groups in total. The van der Waals surface area contributed by atoms with Gasteiger partial charge in [0.05, 0.1) is 10.0 Å². The molecule has 1 aromatic rings. The Morgan fingerprint density at radius 3 is 1.69 bits per heavy atom. The van der Waals surface area contributed by atoms with Crippen molar-refractivity contribution in [3.63, 3.8) is 0 Å². The molecule has 72 valence electrons. The lowest BCUT2D eigenvalue weighted by Gasteiger charge is -2.15. The molecule has 0 aromatic heterocycles. The lowest BCUT2D eigenvalue weighted by Crippen LogP contribution is -2.34. The van der Waals surface area contributed by atoms with Gasteiger partial charge in [-0.3, -0.25) is 0 Å². The average Bonchev–Trinajstić information content (AvgIpc) is 1.97. The van der Waals surface area contributed by atoms with Gasteiger partial charge in [0.25, 0.3) is 0 Å². The summed E-state index contributed by atoms with van der Waals surface area (Å²) < 4.78 is 49.0. The van der Waals surface area contributed by atoms with Crippen LogP contribution in [-0.2, 0) is 0 Å². The zero-order valence-electron chi connectivity index (χ0n) is 6.00. The van der Waals surface area contributed by atoms with Gasteiger partial charge in [-0.05, 0) is 0 Å². The Morgan fingerprint density at radius 2 is 1.38 bits per heavy atom. The van der Waals surface area contributed by atoms with E-state index in [-0.39, 0.29) is 0 Å². The molecule has 0 unspecified atom stereocenters. The van der Waals surface area contributed by atoms with E-state index in [2.05, 4.69) is 0 Å². The molecule has 0 aliphatic carbocycles. The number of rotatable bonds is 1. The highest BCUT2D eigenvalue weighted by Gasteiger charge is 2.27. The van der Waals surface area contributed by atoms with E-state index in [4.69, 9.17) is 23.2 Å². The molecule has 0 aliphatic rings. The summed E-state index contributed by atoms with van der Waals surface area (Å²) in [5.41, 5.74) is -1.00. The van der Waals surface area contributed by atoms with Crippen molar-refractivity contribution in [3.05, 3.63) is 28.0 Å². The zero-order chi connectivity index (χ0) is 10.2. The van der Waals surface area contributed by atoms with Gasteiger partial charge in [0.2, 0.25) is 0 Å². The first kappa shape index (κ1) is 10.7. The van der Waals surface area contributed by atoms with Crippen LogP contribution >= 0.6 is 23.2 Å². The minimum atomic E-state index is -5.19. The summed E-state index contributed by atoms with van der Waals surface area (Å²) >= 11 is 10.4. The zero-order valence-corrected chi connectivity index (χ0v) is 7.51. The van der Waals surface area contributed by atoms with Gasteiger partial charge in [0, 0.05) is 0 Å². The maximum atomic E-state index is 12.7. The first-order chi connectivity index (χ1) is 5.82. The SMILES string of the molecule is Fc1c(Cl)cc([B-](F)(F)F)cc1Cl. The van der Waals surface area contributed by atoms with Crippen LogP contribution in [0.2, 0.25) is 10.0 Å². The van der Waals surface area contributed by atoms with Gasteiger partial charge >= 0.3 is 6.98 Å². The smallest absolute Gasteiger partial charge is 0.445 e. The van der Waals surface area contributed by atoms with E-state index in [9.17, 15) is 17.3 Å². The monoisotopic (exact) mass is 231 g/mol. The van der Waals surface area contributed by atoms with E-state index < -0.39 is 28.3 Å². The molecule has 0 bridgehead atoms. The molecule has 0 heterocycles. The molecule has 0 spiro atoms. The predicted molar refractivity (Wildman–Crippen MR) is 45.1 cm³/mol. The third-order valence-corrected chi connectivity index (χ3v) is 1.93. The van der Waals surface area contributed by atoms with Crippen LogP contribution in [0.15, 0.2) is 12.1 Å². The molecule has 0 saturated carbocycles. The van der Waals surface area contributed by atoms with E-state index in [1.807, 2.05) is 0 Å². The van der Waals surface area contributed by atoms with Crippen LogP contribution in [-0.4, -0.2) is 6.98 Å². The first-order valence-corrected chi connectivity index (χ1v) is 3.92. The quantitative estimate of drug-likeness (QED) is 0.396. The van der Waals surface area contributed by atoms with E-state index in [1.165, 1.54) is 0 Å². The summed E-state index contributed by atoms with van der Waals surface area (Å²) in [5, 5.41) is -1.25. The van der Waals surface area contributed by atoms with Crippen LogP contribution in [0.4, 0.5) is 17.3 Å². The average molecular weight is 232 g/mol. The Bertz CT molecular complexity index is 313. The predicted octanol–water partition coefficient (Wildman–Crippen LogP) is 3.19. The number of benzene rings is 1. The van der Waals surface area contributed by atoms with E-state index in [0.29, 0.717) is 12.1 Å². The van der Waals surface area contributed by atoms with Crippen LogP contribution in [0.5, 0.6) is 0 Å². The highest BCUT2D eigenvalue weighted by Crippen LogP contribution is 2.23. The highest BCUT2D eigenvalue weighted by molar-refractivity contribution is 6.74. The van der Waals surface area contributed by atoms with Crippen molar-refractivity contribution in [1.82, 2.24) is 0 Å². The van der Waals surface area contributed by atoms with E-state index in [1.54, 1.807) is 0 Å². The fourth-order valence-electron chi connectivity index (χ4n) is 0.764. The molecule has 0 radical (unpaired) electrons. The minimum Gasteiger partial charge on any atom is -0.445 e. The molecule has 1 rings (SSSR count). The van der Waals surface area contributed by atoms with Crippen molar-refractivity contribution in [1.29, 1.82) is 0 Å². The summed E-state index contributed by atoms with van der Waals surface area (Å²) in [7, 11) is 0. The summed E-state index contributed by atoms with van der Waals surface area (Å²) in [4.78, 5) is 0. The molecule has 0 fully saturated rings. The third kappa shape index (κ3) is 2.28. The standard InChI is InChI=1S/C6H2BCl2F4/c8-4-1-3(7(11,12)13)2-5(9)6(4)10/h1-2H/q-1. The Morgan fingerprint density at radius 1 is 1.00 bits per heavy atom. The number of hydrogen-bond donors (Lipinski definition) is 0. The van der Waals surface area contributed by atoms with Crippen molar-refractivity contribution >= 4 is 35.6 Å². The van der Waals surface area contributed by atoms with Gasteiger partial charge in [0.1, 0.15) is 0 Å². The van der Waals surface area contributed by atoms with Gasteiger partial charge in [-0.2, -0.15) is 0 Å². The fraction of sp³-hybridized carbons (Fsp3) is 0. The lowest BCUT2D eigenvalue weighted by atomic mass is 9.80. The molecular formula is C6H2BCl2F4-. The van der Waals surface area contributed by atoms with E-state index in [0.717, 1.165) is 0 Å². The van der Waals surface area contributed by atoms with Gasteiger partial charge in [0.15, 0.2) is 5.82 Å². The van der Waals surface area contributed by atoms with Crippen LogP contribution in [0.3, 0.4) is 0 Å². The number of hydrogen-bond acceptors (Lipinski definition) is 0. The third-order valence-electron chi connectivity index (χ3n) is 1.38. The van der Waals surface area contributed by atoms with E-state index >= 15 is 0 Å². The van der Waals surface area contributed by atoms with Crippen molar-refractivity contribution in [3.8, 4) is 0 Å². The van der Waals surface area contributed by atoms with Crippen molar-refractivity contribution in [2.24, 2.45) is 0 Å². The number of halogens is 6. The van der Waals surface area contributed by atoms with Crippen molar-refractivity contribution in [2.45, 2.75) is 0 Å². The second kappa shape index (κ2) is 3.38. The Labute approximate surface area is 81.5 Å². The fourth-order valence-corrected chi connectivity index (χ4v) is 1.27. The molecule has 7 heteroatoms. The summed E-state index contributed by atoms with van der Waals surface area (Å²) in [6.45, 7) is -5.19. The minimum absolute atomic E-state index is 0.517. The van der Waals surface area contributed by atoms with Crippen LogP contribution in [0.25, 0.3) is 0 Å². The van der Waals surface area contributed by atoms with Gasteiger partial charge in [-0.15, -0.1) is 5.46 Å². The maximum absolute atomic E-state index is 12.7. The molecule has 0 amide bonds. The Balaban J connectivity index is 3.29. The molecule has 1 aromatic carbocycles. The van der Waals surface area contributed by atoms with Gasteiger partial charge in [-0.1, -0.05) is 35.3 Å². The summed E-state index contributed by atoms with van der Waals surface area (Å²) in [5.74, 6) is -1.04. The molecule has 0 nitrogen and oxygen atoms in total.